The number of nitrogens with one attached hydrogen (secondary N) is 4. The Kier molecular flexibility index (Phi) is 14.4. The smallest absolute Gasteiger partial charge is 0.407 e. The van der Waals surface area contributed by atoms with Gasteiger partial charge >= 0.3 is 12.2 Å². The molecule has 4 amide bonds. The van der Waals surface area contributed by atoms with Gasteiger partial charge in [-0.3, -0.25) is 20.0 Å². The number of nitrogens with zero attached hydrogens (tertiary/aromatic N) is 2. The van der Waals surface area contributed by atoms with Gasteiger partial charge in [0.05, 0.1) is 43.3 Å². The highest BCUT2D eigenvalue weighted by molar-refractivity contribution is 5.87. The van der Waals surface area contributed by atoms with Crippen molar-refractivity contribution in [2.24, 2.45) is 0 Å². The van der Waals surface area contributed by atoms with E-state index in [1.807, 2.05) is 48.5 Å². The van der Waals surface area contributed by atoms with E-state index in [0.717, 1.165) is 36.6 Å². The summed E-state index contributed by atoms with van der Waals surface area (Å²) >= 11 is 0. The van der Waals surface area contributed by atoms with Crippen LogP contribution in [0.15, 0.2) is 79.0 Å². The molecule has 15 nitrogen and oxygen atoms in total. The van der Waals surface area contributed by atoms with Crippen molar-refractivity contribution in [1.29, 1.82) is 0 Å². The van der Waals surface area contributed by atoms with Crippen molar-refractivity contribution in [3.63, 3.8) is 0 Å². The van der Waals surface area contributed by atoms with Gasteiger partial charge in [-0.2, -0.15) is 0 Å². The van der Waals surface area contributed by atoms with E-state index in [0.29, 0.717) is 0 Å². The summed E-state index contributed by atoms with van der Waals surface area (Å²) < 4.78 is 9.28. The molecule has 0 bridgehead atoms. The number of aliphatic hydroxyl groups is 3. The third-order valence-electron chi connectivity index (χ3n) is 7.89. The number of ether oxygens (including phenoxy) is 2. The molecule has 7 N–H and O–H groups in total. The Morgan fingerprint density at radius 3 is 1.80 bits per heavy atom. The summed E-state index contributed by atoms with van der Waals surface area (Å²) in [5, 5.41) is 42.0. The first-order chi connectivity index (χ1) is 24.0. The van der Waals surface area contributed by atoms with Crippen LogP contribution < -0.4 is 21.4 Å². The van der Waals surface area contributed by atoms with Crippen LogP contribution in [0.2, 0.25) is 0 Å². The fourth-order valence-corrected chi connectivity index (χ4v) is 5.15. The van der Waals surface area contributed by atoms with E-state index in [-0.39, 0.29) is 19.5 Å². The zero-order valence-corrected chi connectivity index (χ0v) is 29.6. The topological polar surface area (TPSA) is 212 Å². The van der Waals surface area contributed by atoms with E-state index in [1.165, 1.54) is 32.7 Å². The van der Waals surface area contributed by atoms with Gasteiger partial charge in [-0.15, -0.1) is 0 Å². The quantitative estimate of drug-likeness (QED) is 0.106. The predicted octanol–water partition coefficient (Wildman–Crippen LogP) is 1.66. The lowest BCUT2D eigenvalue weighted by Crippen LogP contribution is -2.63. The maximum absolute atomic E-state index is 13.6. The van der Waals surface area contributed by atoms with E-state index in [9.17, 15) is 34.5 Å². The van der Waals surface area contributed by atoms with E-state index in [1.54, 1.807) is 30.5 Å². The summed E-state index contributed by atoms with van der Waals surface area (Å²) in [6.45, 7) is 5.15. The Labute approximate surface area is 297 Å². The third-order valence-corrected chi connectivity index (χ3v) is 7.89. The molecule has 276 valence electrons. The van der Waals surface area contributed by atoms with Crippen LogP contribution in [0.3, 0.4) is 0 Å². The second-order valence-electron chi connectivity index (χ2n) is 13.1. The van der Waals surface area contributed by atoms with Crippen molar-refractivity contribution in [2.45, 2.75) is 76.1 Å². The molecule has 0 aliphatic rings. The number of aromatic nitrogens is 1. The number of pyridine rings is 1. The van der Waals surface area contributed by atoms with Crippen molar-refractivity contribution in [1.82, 2.24) is 31.4 Å². The molecular formula is C36H48N6O9. The standard InChI is InChI=1S/C36H48N6O9/c1-35(2,48)29(39-33(46)50-5)31(44)38-27(20-23-12-8-7-9-13-23)28(43)22-42(41-32(45)30(36(3,4)49)40-34(47)51-6)21-24-15-17-25(18-16-24)26-14-10-11-19-37-26/h7-19,27-30,43,48-49H,20-22H2,1-6H3,(H,38,44)(H,39,46)(H,40,47)(H,41,45)/t27-,28-,29+,30+/m0/s1. The third kappa shape index (κ3) is 12.6. The van der Waals surface area contributed by atoms with Gasteiger partial charge in [0.15, 0.2) is 0 Å². The zero-order valence-electron chi connectivity index (χ0n) is 29.6. The van der Waals surface area contributed by atoms with E-state index >= 15 is 0 Å². The Bertz CT molecular complexity index is 1580. The molecule has 15 heteroatoms. The number of carbonyl (C=O) groups is 4. The van der Waals surface area contributed by atoms with Crippen LogP contribution in [0.1, 0.15) is 38.8 Å². The molecular weight excluding hydrogens is 660 g/mol. The van der Waals surface area contributed by atoms with Crippen LogP contribution in [0, 0.1) is 0 Å². The maximum atomic E-state index is 13.6. The molecule has 0 aliphatic carbocycles. The highest BCUT2D eigenvalue weighted by Gasteiger charge is 2.39. The Hall–Kier alpha value is -5.09. The maximum Gasteiger partial charge on any atom is 0.407 e. The second-order valence-corrected chi connectivity index (χ2v) is 13.1. The number of hydrogen-bond donors (Lipinski definition) is 7. The second kappa shape index (κ2) is 18.2. The molecule has 0 saturated carbocycles. The summed E-state index contributed by atoms with van der Waals surface area (Å²) in [6, 6.07) is 18.0. The number of aliphatic hydroxyl groups excluding tert-OH is 1. The van der Waals surface area contributed by atoms with Gasteiger partial charge in [0.1, 0.15) is 12.1 Å². The zero-order chi connectivity index (χ0) is 37.8. The lowest BCUT2D eigenvalue weighted by atomic mass is 9.96. The Morgan fingerprint density at radius 1 is 0.745 bits per heavy atom. The number of amides is 4. The fraction of sp³-hybridized carbons (Fsp3) is 0.417. The van der Waals surface area contributed by atoms with Gasteiger partial charge in [-0.05, 0) is 57.4 Å². The largest absolute Gasteiger partial charge is 0.453 e. The van der Waals surface area contributed by atoms with Gasteiger partial charge in [-0.1, -0.05) is 60.7 Å². The molecule has 3 aromatic rings. The number of hydrazine groups is 1. The van der Waals surface area contributed by atoms with Crippen molar-refractivity contribution in [3.05, 3.63) is 90.1 Å². The van der Waals surface area contributed by atoms with Gasteiger partial charge in [0.25, 0.3) is 5.91 Å². The molecule has 0 radical (unpaired) electrons. The molecule has 1 aromatic heterocycles. The van der Waals surface area contributed by atoms with Crippen LogP contribution in [-0.2, 0) is 32.0 Å². The Morgan fingerprint density at radius 2 is 1.29 bits per heavy atom. The molecule has 3 rings (SSSR count). The molecule has 0 spiro atoms. The van der Waals surface area contributed by atoms with Crippen LogP contribution in [-0.4, -0.2) is 106 Å². The normalized spacial score (nSPS) is 14.0. The van der Waals surface area contributed by atoms with Gasteiger partial charge < -0.3 is 40.7 Å². The fourth-order valence-electron chi connectivity index (χ4n) is 5.15. The first-order valence-corrected chi connectivity index (χ1v) is 16.2. The highest BCUT2D eigenvalue weighted by Crippen LogP contribution is 2.19. The van der Waals surface area contributed by atoms with Crippen LogP contribution in [0.25, 0.3) is 11.3 Å². The van der Waals surface area contributed by atoms with Crippen LogP contribution in [0.4, 0.5) is 9.59 Å². The van der Waals surface area contributed by atoms with Crippen molar-refractivity contribution < 1.29 is 44.0 Å². The number of alkyl carbamates (subject to hydrolysis) is 2. The number of rotatable bonds is 16. The summed E-state index contributed by atoms with van der Waals surface area (Å²) in [6.07, 6.45) is -1.44. The number of benzene rings is 2. The summed E-state index contributed by atoms with van der Waals surface area (Å²) in [5.41, 5.74) is 2.34. The van der Waals surface area contributed by atoms with E-state index < -0.39 is 59.4 Å². The van der Waals surface area contributed by atoms with Crippen molar-refractivity contribution in [2.75, 3.05) is 20.8 Å². The molecule has 4 atom stereocenters. The number of carbonyl (C=O) groups excluding carboxylic acids is 4. The monoisotopic (exact) mass is 708 g/mol. The van der Waals surface area contributed by atoms with Crippen LogP contribution >= 0.6 is 0 Å². The molecule has 2 aromatic carbocycles. The van der Waals surface area contributed by atoms with Gasteiger partial charge in [0.2, 0.25) is 5.91 Å². The Balaban J connectivity index is 1.96. The average Bonchev–Trinajstić information content (AvgIpc) is 3.08. The SMILES string of the molecule is COC(=O)N[C@H](C(=O)N[C@@H](Cc1ccccc1)[C@@H](O)CN(Cc1ccc(-c2ccccn2)cc1)NC(=O)[C@@H](NC(=O)OC)C(C)(C)O)C(C)(C)O. The predicted molar refractivity (Wildman–Crippen MR) is 188 cm³/mol. The minimum absolute atomic E-state index is 0.0459. The number of methoxy groups -OCH3 is 2. The van der Waals surface area contributed by atoms with Crippen molar-refractivity contribution in [3.8, 4) is 11.3 Å². The lowest BCUT2D eigenvalue weighted by molar-refractivity contribution is -0.135. The highest BCUT2D eigenvalue weighted by atomic mass is 16.5. The number of hydrogen-bond acceptors (Lipinski definition) is 11. The average molecular weight is 709 g/mol. The minimum Gasteiger partial charge on any atom is -0.453 e. The van der Waals surface area contributed by atoms with Gasteiger partial charge in [0, 0.05) is 24.8 Å². The molecule has 0 unspecified atom stereocenters. The molecule has 0 fully saturated rings. The molecule has 1 heterocycles. The summed E-state index contributed by atoms with van der Waals surface area (Å²) in [7, 11) is 2.24. The summed E-state index contributed by atoms with van der Waals surface area (Å²) in [4.78, 5) is 55.7. The first kappa shape index (κ1) is 40.3. The molecule has 0 saturated heterocycles. The van der Waals surface area contributed by atoms with Crippen molar-refractivity contribution >= 4 is 24.0 Å². The molecule has 51 heavy (non-hydrogen) atoms. The van der Waals surface area contributed by atoms with Crippen LogP contribution in [0.5, 0.6) is 0 Å². The molecule has 0 aliphatic heterocycles. The van der Waals surface area contributed by atoms with Gasteiger partial charge in [-0.25, -0.2) is 14.6 Å². The first-order valence-electron chi connectivity index (χ1n) is 16.2. The van der Waals surface area contributed by atoms with E-state index in [2.05, 4.69) is 35.8 Å². The summed E-state index contributed by atoms with van der Waals surface area (Å²) in [5.74, 6) is -1.60. The lowest BCUT2D eigenvalue weighted by Gasteiger charge is -2.35. The van der Waals surface area contributed by atoms with E-state index in [4.69, 9.17) is 0 Å². The minimum atomic E-state index is -1.73.